The highest BCUT2D eigenvalue weighted by Gasteiger charge is 2.43. The molecule has 1 aliphatic rings. The molecule has 4 rings (SSSR count). The van der Waals surface area contributed by atoms with E-state index in [2.05, 4.69) is 4.98 Å². The Morgan fingerprint density at radius 3 is 1.97 bits per heavy atom. The Bertz CT molecular complexity index is 998. The average molecular weight is 434 g/mol. The molecule has 158 valence electrons. The van der Waals surface area contributed by atoms with Gasteiger partial charge in [-0.05, 0) is 42.8 Å². The van der Waals surface area contributed by atoms with E-state index in [1.54, 1.807) is 42.2 Å². The maximum atomic E-state index is 12.4. The van der Waals surface area contributed by atoms with Crippen molar-refractivity contribution in [1.29, 1.82) is 0 Å². The molecule has 31 heavy (non-hydrogen) atoms. The number of esters is 2. The van der Waals surface area contributed by atoms with Gasteiger partial charge in [0.05, 0.1) is 29.4 Å². The lowest BCUT2D eigenvalue weighted by Crippen LogP contribution is -2.45. The van der Waals surface area contributed by atoms with Gasteiger partial charge in [0, 0.05) is 23.3 Å². The molecule has 2 aromatic carbocycles. The van der Waals surface area contributed by atoms with Crippen LogP contribution in [0.1, 0.15) is 27.1 Å². The van der Waals surface area contributed by atoms with E-state index in [0.29, 0.717) is 17.7 Å². The summed E-state index contributed by atoms with van der Waals surface area (Å²) in [5.41, 5.74) is 1.07. The highest BCUT2D eigenvalue weighted by atomic mass is 32.2. The first-order valence-corrected chi connectivity index (χ1v) is 11.1. The number of aromatic nitrogens is 1. The van der Waals surface area contributed by atoms with Crippen molar-refractivity contribution in [3.63, 3.8) is 0 Å². The lowest BCUT2D eigenvalue weighted by molar-refractivity contribution is -0.0000778. The standard InChI is InChI=1S/C25H23NO4S/c27-24(18-9-3-1-4-10-18)29-16-20-15-22(31-23-13-7-8-14-26-23)21(20)17-30-25(28)19-11-5-2-6-12-19/h1-14,20-22H,15-17H2/t20-,21-,22?/m1/s1. The zero-order valence-corrected chi connectivity index (χ0v) is 17.7. The maximum absolute atomic E-state index is 12.4. The summed E-state index contributed by atoms with van der Waals surface area (Å²) < 4.78 is 11.2. The second-order valence-corrected chi connectivity index (χ2v) is 8.67. The molecule has 0 N–H and O–H groups in total. The Morgan fingerprint density at radius 2 is 1.39 bits per heavy atom. The van der Waals surface area contributed by atoms with Gasteiger partial charge in [-0.3, -0.25) is 0 Å². The quantitative estimate of drug-likeness (QED) is 0.471. The van der Waals surface area contributed by atoms with Crippen LogP contribution in [0.4, 0.5) is 0 Å². The number of carbonyl (C=O) groups is 2. The van der Waals surface area contributed by atoms with E-state index in [1.165, 1.54) is 0 Å². The van der Waals surface area contributed by atoms with Crippen LogP contribution in [0.25, 0.3) is 0 Å². The van der Waals surface area contributed by atoms with Crippen molar-refractivity contribution in [2.24, 2.45) is 11.8 Å². The van der Waals surface area contributed by atoms with Crippen LogP contribution in [0.3, 0.4) is 0 Å². The minimum atomic E-state index is -0.339. The number of hydrogen-bond donors (Lipinski definition) is 0. The smallest absolute Gasteiger partial charge is 0.338 e. The van der Waals surface area contributed by atoms with E-state index in [1.807, 2.05) is 54.6 Å². The lowest BCUT2D eigenvalue weighted by Gasteiger charge is -2.43. The van der Waals surface area contributed by atoms with Crippen molar-refractivity contribution in [3.05, 3.63) is 96.2 Å². The molecule has 0 radical (unpaired) electrons. The first-order chi connectivity index (χ1) is 15.2. The van der Waals surface area contributed by atoms with Gasteiger partial charge in [-0.1, -0.05) is 42.5 Å². The van der Waals surface area contributed by atoms with E-state index in [9.17, 15) is 9.59 Å². The van der Waals surface area contributed by atoms with E-state index in [0.717, 1.165) is 11.4 Å². The number of rotatable bonds is 8. The monoisotopic (exact) mass is 433 g/mol. The fourth-order valence-electron chi connectivity index (χ4n) is 3.57. The molecule has 3 atom stereocenters. The van der Waals surface area contributed by atoms with Gasteiger partial charge >= 0.3 is 11.9 Å². The molecule has 0 amide bonds. The Balaban J connectivity index is 1.37. The van der Waals surface area contributed by atoms with Crippen molar-refractivity contribution < 1.29 is 19.1 Å². The van der Waals surface area contributed by atoms with Crippen molar-refractivity contribution >= 4 is 23.7 Å². The summed E-state index contributed by atoms with van der Waals surface area (Å²) in [5, 5.41) is 1.19. The Hall–Kier alpha value is -3.12. The number of thioether (sulfide) groups is 1. The largest absolute Gasteiger partial charge is 0.462 e. The van der Waals surface area contributed by atoms with E-state index in [4.69, 9.17) is 9.47 Å². The van der Waals surface area contributed by atoms with Crippen LogP contribution < -0.4 is 0 Å². The molecule has 1 fully saturated rings. The topological polar surface area (TPSA) is 65.5 Å². The predicted octanol–water partition coefficient (Wildman–Crippen LogP) is 4.89. The Kier molecular flexibility index (Phi) is 6.99. The van der Waals surface area contributed by atoms with Gasteiger partial charge in [-0.2, -0.15) is 0 Å². The highest BCUT2D eigenvalue weighted by Crippen LogP contribution is 2.45. The van der Waals surface area contributed by atoms with E-state index in [-0.39, 0.29) is 35.6 Å². The van der Waals surface area contributed by atoms with Crippen LogP contribution in [0.2, 0.25) is 0 Å². The van der Waals surface area contributed by atoms with Gasteiger partial charge in [-0.25, -0.2) is 14.6 Å². The number of nitrogens with zero attached hydrogens (tertiary/aromatic N) is 1. The number of carbonyl (C=O) groups excluding carboxylic acids is 2. The third-order valence-corrected chi connectivity index (χ3v) is 6.71. The summed E-state index contributed by atoms with van der Waals surface area (Å²) in [4.78, 5) is 29.1. The van der Waals surface area contributed by atoms with Crippen LogP contribution in [0.15, 0.2) is 90.1 Å². The Morgan fingerprint density at radius 1 is 0.806 bits per heavy atom. The molecule has 1 saturated carbocycles. The number of pyridine rings is 1. The SMILES string of the molecule is O=C(OC[C@H]1CC(Sc2ccccn2)[C@@H]1COC(=O)c1ccccc1)c1ccccc1. The molecule has 3 aromatic rings. The third-order valence-electron chi connectivity index (χ3n) is 5.38. The van der Waals surface area contributed by atoms with Gasteiger partial charge in [0.1, 0.15) is 0 Å². The zero-order chi connectivity index (χ0) is 21.5. The fraction of sp³-hybridized carbons (Fsp3) is 0.240. The van der Waals surface area contributed by atoms with Crippen LogP contribution in [0.5, 0.6) is 0 Å². The van der Waals surface area contributed by atoms with Crippen LogP contribution in [-0.2, 0) is 9.47 Å². The molecule has 1 aliphatic carbocycles. The normalized spacial score (nSPS) is 19.8. The first kappa shape index (κ1) is 21.1. The molecule has 1 unspecified atom stereocenters. The van der Waals surface area contributed by atoms with Crippen LogP contribution in [0, 0.1) is 11.8 Å². The van der Waals surface area contributed by atoms with Gasteiger partial charge < -0.3 is 9.47 Å². The summed E-state index contributed by atoms with van der Waals surface area (Å²) in [6.45, 7) is 0.590. The van der Waals surface area contributed by atoms with Crippen LogP contribution in [-0.4, -0.2) is 35.4 Å². The molecule has 0 saturated heterocycles. The molecule has 1 heterocycles. The molecule has 0 bridgehead atoms. The zero-order valence-electron chi connectivity index (χ0n) is 16.9. The summed E-state index contributed by atoms with van der Waals surface area (Å²) >= 11 is 1.68. The summed E-state index contributed by atoms with van der Waals surface area (Å²) in [6.07, 6.45) is 2.64. The lowest BCUT2D eigenvalue weighted by atomic mass is 9.74. The number of benzene rings is 2. The van der Waals surface area contributed by atoms with Gasteiger partial charge in [0.15, 0.2) is 0 Å². The molecular formula is C25H23NO4S. The van der Waals surface area contributed by atoms with Gasteiger partial charge in [0.25, 0.3) is 0 Å². The minimum Gasteiger partial charge on any atom is -0.462 e. The first-order valence-electron chi connectivity index (χ1n) is 10.2. The fourth-order valence-corrected chi connectivity index (χ4v) is 4.98. The molecular weight excluding hydrogens is 410 g/mol. The van der Waals surface area contributed by atoms with Crippen LogP contribution >= 0.6 is 11.8 Å². The second kappa shape index (κ2) is 10.3. The molecule has 0 spiro atoms. The number of hydrogen-bond acceptors (Lipinski definition) is 6. The Labute approximate surface area is 185 Å². The van der Waals surface area contributed by atoms with Crippen molar-refractivity contribution in [2.75, 3.05) is 13.2 Å². The minimum absolute atomic E-state index is 0.0863. The molecule has 5 nitrogen and oxygen atoms in total. The van der Waals surface area contributed by atoms with Crippen molar-refractivity contribution in [2.45, 2.75) is 16.7 Å². The summed E-state index contributed by atoms with van der Waals surface area (Å²) in [5.74, 6) is -0.448. The predicted molar refractivity (Wildman–Crippen MR) is 119 cm³/mol. The van der Waals surface area contributed by atoms with E-state index >= 15 is 0 Å². The van der Waals surface area contributed by atoms with Gasteiger partial charge in [-0.15, -0.1) is 11.8 Å². The van der Waals surface area contributed by atoms with Gasteiger partial charge in [0.2, 0.25) is 0 Å². The van der Waals surface area contributed by atoms with Crippen molar-refractivity contribution in [3.8, 4) is 0 Å². The maximum Gasteiger partial charge on any atom is 0.338 e. The third kappa shape index (κ3) is 5.52. The summed E-state index contributed by atoms with van der Waals surface area (Å²) in [6, 6.07) is 23.7. The number of ether oxygens (including phenoxy) is 2. The highest BCUT2D eigenvalue weighted by molar-refractivity contribution is 7.99. The second-order valence-electron chi connectivity index (χ2n) is 7.41. The molecule has 6 heteroatoms. The molecule has 1 aromatic heterocycles. The van der Waals surface area contributed by atoms with Crippen molar-refractivity contribution in [1.82, 2.24) is 4.98 Å². The average Bonchev–Trinajstić information content (AvgIpc) is 2.82. The molecule has 0 aliphatic heterocycles. The summed E-state index contributed by atoms with van der Waals surface area (Å²) in [7, 11) is 0. The van der Waals surface area contributed by atoms with E-state index < -0.39 is 0 Å².